The largest absolute Gasteiger partial charge is 0.460 e. The van der Waals surface area contributed by atoms with E-state index in [0.29, 0.717) is 168 Å². The van der Waals surface area contributed by atoms with Crippen LogP contribution in [0.3, 0.4) is 0 Å². The van der Waals surface area contributed by atoms with Crippen LogP contribution < -0.4 is 5.32 Å². The molecule has 28 heteroatoms. The standard InChI is InChI=1S/C63H101N5O23/c1-45(2)51(61(76)64-46(3)54(70)39-47-8-9-49(43-91-62(77)63(4,5)6)48(38-47)10-11-56-60(75)59(74)55(71)44-90-56)40-50(69)41-53(68-57(72)12-13-58(68)73)52-42-67(66-65-52)14-15-79-18-19-81-22-23-83-26-27-85-30-31-87-34-35-89-37-36-88-33-32-86-29-28-84-25-24-82-21-20-80-17-16-78-7/h8-9,12-13,38,42,45-46,51,53,55-56,59-60,71,74-75H,10-11,14-37,39-41,43-44H2,1-7H3,(H,64,76)/t46-,51-,53+,55+,56-,59-,60-/m0/s1. The number of aromatic nitrogens is 3. The van der Waals surface area contributed by atoms with Crippen molar-refractivity contribution >= 4 is 35.3 Å². The number of nitrogens with one attached hydrogen (secondary N) is 1. The Morgan fingerprint density at radius 1 is 0.648 bits per heavy atom. The molecular weight excluding hydrogens is 1190 g/mol. The number of aryl methyl sites for hydroxylation is 1. The molecule has 0 aliphatic carbocycles. The van der Waals surface area contributed by atoms with Crippen LogP contribution in [-0.4, -0.2) is 267 Å². The van der Waals surface area contributed by atoms with Gasteiger partial charge in [0.25, 0.3) is 11.8 Å². The fourth-order valence-electron chi connectivity index (χ4n) is 9.10. The molecule has 7 atom stereocenters. The van der Waals surface area contributed by atoms with E-state index in [2.05, 4.69) is 15.6 Å². The Morgan fingerprint density at radius 3 is 1.58 bits per heavy atom. The third-order valence-electron chi connectivity index (χ3n) is 14.4. The van der Waals surface area contributed by atoms with Gasteiger partial charge >= 0.3 is 5.97 Å². The molecule has 2 aromatic rings. The Balaban J connectivity index is 1.07. The summed E-state index contributed by atoms with van der Waals surface area (Å²) in [5.74, 6) is -4.17. The lowest BCUT2D eigenvalue weighted by Gasteiger charge is -2.35. The fourth-order valence-corrected chi connectivity index (χ4v) is 9.10. The van der Waals surface area contributed by atoms with Crippen molar-refractivity contribution in [3.8, 4) is 0 Å². The molecule has 1 aromatic heterocycles. The van der Waals surface area contributed by atoms with Crippen molar-refractivity contribution in [3.63, 3.8) is 0 Å². The zero-order valence-electron chi connectivity index (χ0n) is 54.3. The highest BCUT2D eigenvalue weighted by molar-refractivity contribution is 6.13. The van der Waals surface area contributed by atoms with Gasteiger partial charge in [0, 0.05) is 44.4 Å². The number of esters is 1. The minimum absolute atomic E-state index is 0.0508. The summed E-state index contributed by atoms with van der Waals surface area (Å²) in [7, 11) is 1.63. The van der Waals surface area contributed by atoms with Crippen molar-refractivity contribution in [1.82, 2.24) is 25.2 Å². The van der Waals surface area contributed by atoms with Gasteiger partial charge in [0.1, 0.15) is 36.4 Å². The topological polar surface area (TPSA) is 338 Å². The average Bonchev–Trinajstić information content (AvgIpc) is 2.21. The second kappa shape index (κ2) is 45.3. The van der Waals surface area contributed by atoms with Gasteiger partial charge in [-0.1, -0.05) is 37.3 Å². The predicted octanol–water partition coefficient (Wildman–Crippen LogP) is 1.51. The highest BCUT2D eigenvalue weighted by atomic mass is 16.6. The Bertz CT molecular complexity index is 2420. The molecule has 4 rings (SSSR count). The predicted molar refractivity (Wildman–Crippen MR) is 325 cm³/mol. The molecule has 28 nitrogen and oxygen atoms in total. The number of nitrogens with zero attached hydrogens (tertiary/aromatic N) is 4. The van der Waals surface area contributed by atoms with E-state index in [1.807, 2.05) is 0 Å². The summed E-state index contributed by atoms with van der Waals surface area (Å²) >= 11 is 0. The number of hydrogen-bond acceptors (Lipinski definition) is 25. The number of methoxy groups -OCH3 is 1. The van der Waals surface area contributed by atoms with Gasteiger partial charge < -0.3 is 87.0 Å². The van der Waals surface area contributed by atoms with Crippen molar-refractivity contribution in [1.29, 1.82) is 0 Å². The first kappa shape index (κ1) is 78.3. The Kier molecular flexibility index (Phi) is 38.9. The van der Waals surface area contributed by atoms with Crippen LogP contribution in [0.1, 0.15) is 89.2 Å². The monoisotopic (exact) mass is 1300 g/mol. The first-order valence-electron chi connectivity index (χ1n) is 31.4. The summed E-state index contributed by atoms with van der Waals surface area (Å²) in [6, 6.07) is 3.18. The number of amides is 3. The zero-order valence-corrected chi connectivity index (χ0v) is 54.3. The molecular formula is C63H101N5O23. The van der Waals surface area contributed by atoms with Crippen LogP contribution in [0.15, 0.2) is 36.5 Å². The number of ketones is 2. The maximum Gasteiger partial charge on any atom is 0.311 e. The Morgan fingerprint density at radius 2 is 1.12 bits per heavy atom. The average molecular weight is 1300 g/mol. The van der Waals surface area contributed by atoms with E-state index in [1.165, 1.54) is 10.9 Å². The van der Waals surface area contributed by atoms with Crippen molar-refractivity contribution in [3.05, 3.63) is 58.9 Å². The van der Waals surface area contributed by atoms with Crippen molar-refractivity contribution in [2.45, 2.75) is 123 Å². The highest BCUT2D eigenvalue weighted by Crippen LogP contribution is 2.29. The number of Topliss-reactive ketones (excluding diaryl/α,β-unsaturated/α-hetero) is 2. The normalized spacial score (nSPS) is 17.9. The minimum atomic E-state index is -1.38. The lowest BCUT2D eigenvalue weighted by molar-refractivity contribution is -0.188. The molecule has 0 radical (unpaired) electrons. The second-order valence-corrected chi connectivity index (χ2v) is 23.1. The number of aliphatic hydroxyl groups is 3. The molecule has 0 bridgehead atoms. The molecule has 1 aromatic carbocycles. The molecule has 4 N–H and O–H groups in total. The van der Waals surface area contributed by atoms with E-state index in [9.17, 15) is 44.1 Å². The minimum Gasteiger partial charge on any atom is -0.460 e. The summed E-state index contributed by atoms with van der Waals surface area (Å²) in [6.45, 7) is 20.5. The van der Waals surface area contributed by atoms with Crippen molar-refractivity contribution in [2.75, 3.05) is 166 Å². The summed E-state index contributed by atoms with van der Waals surface area (Å²) in [4.78, 5) is 81.0. The molecule has 1 saturated heterocycles. The van der Waals surface area contributed by atoms with Crippen LogP contribution in [0.2, 0.25) is 0 Å². The van der Waals surface area contributed by atoms with E-state index in [-0.39, 0.29) is 69.4 Å². The third kappa shape index (κ3) is 31.6. The maximum absolute atomic E-state index is 13.9. The lowest BCUT2D eigenvalue weighted by Crippen LogP contribution is -2.52. The molecule has 0 saturated carbocycles. The fraction of sp³-hybridized carbons (Fsp3) is 0.746. The van der Waals surface area contributed by atoms with Crippen molar-refractivity contribution in [2.24, 2.45) is 17.3 Å². The molecule has 1 fully saturated rings. The van der Waals surface area contributed by atoms with E-state index in [0.717, 1.165) is 17.1 Å². The number of ether oxygens (including phenoxy) is 14. The number of aliphatic hydroxyl groups excluding tert-OH is 3. The molecule has 2 aliphatic rings. The lowest BCUT2D eigenvalue weighted by atomic mass is 9.87. The van der Waals surface area contributed by atoms with Gasteiger partial charge in [0.2, 0.25) is 5.91 Å². The van der Waals surface area contributed by atoms with Gasteiger partial charge in [-0.3, -0.25) is 33.7 Å². The van der Waals surface area contributed by atoms with E-state index in [4.69, 9.17) is 66.3 Å². The number of rotatable bonds is 53. The smallest absolute Gasteiger partial charge is 0.311 e. The Hall–Kier alpha value is -5.12. The molecule has 3 heterocycles. The van der Waals surface area contributed by atoms with Crippen LogP contribution in [-0.2, 0) is 121 Å². The van der Waals surface area contributed by atoms with E-state index >= 15 is 0 Å². The van der Waals surface area contributed by atoms with E-state index < -0.39 is 77.3 Å². The Labute approximate surface area is 534 Å². The number of imide groups is 1. The molecule has 0 spiro atoms. The van der Waals surface area contributed by atoms with Gasteiger partial charge in [-0.15, -0.1) is 5.10 Å². The summed E-state index contributed by atoms with van der Waals surface area (Å²) in [5.41, 5.74) is 1.42. The van der Waals surface area contributed by atoms with Gasteiger partial charge in [-0.25, -0.2) is 4.68 Å². The second-order valence-electron chi connectivity index (χ2n) is 23.1. The number of carbonyl (C=O) groups excluding carboxylic acids is 6. The molecule has 516 valence electrons. The number of benzene rings is 1. The molecule has 3 amide bonds. The quantitative estimate of drug-likeness (QED) is 0.0414. The van der Waals surface area contributed by atoms with Gasteiger partial charge in [0.05, 0.1) is 195 Å². The van der Waals surface area contributed by atoms with Crippen LogP contribution in [0, 0.1) is 17.3 Å². The molecule has 0 unspecified atom stereocenters. The SMILES string of the molecule is COCCOCCOCCOCCOCCOCCOCCOCCOCCOCCOCCOCCn1cc([C@@H](CC(=O)C[C@H](C(=O)N[C@@H](C)C(=O)Cc2ccc(COC(=O)C(C)(C)C)c(CC[C@@H]3OC[C@@H](O)[C@H](O)[C@H]3O)c2)C(C)C)N2C(=O)C=CC2=O)nn1. The first-order chi connectivity index (χ1) is 43.8. The number of hydrogen-bond donors (Lipinski definition) is 4. The zero-order chi connectivity index (χ0) is 66.2. The van der Waals surface area contributed by atoms with E-state index in [1.54, 1.807) is 66.9 Å². The van der Waals surface area contributed by atoms with Gasteiger partial charge in [0.15, 0.2) is 5.78 Å². The summed E-state index contributed by atoms with van der Waals surface area (Å²) in [5, 5.41) is 41.9. The van der Waals surface area contributed by atoms with Crippen LogP contribution >= 0.6 is 0 Å². The summed E-state index contributed by atoms with van der Waals surface area (Å²) < 4.78 is 78.2. The summed E-state index contributed by atoms with van der Waals surface area (Å²) in [6.07, 6.45) is -1.08. The van der Waals surface area contributed by atoms with Gasteiger partial charge in [-0.2, -0.15) is 0 Å². The first-order valence-corrected chi connectivity index (χ1v) is 31.4. The van der Waals surface area contributed by atoms with Crippen LogP contribution in [0.5, 0.6) is 0 Å². The third-order valence-corrected chi connectivity index (χ3v) is 14.4. The highest BCUT2D eigenvalue weighted by Gasteiger charge is 2.39. The maximum atomic E-state index is 13.9. The molecule has 91 heavy (non-hydrogen) atoms. The van der Waals surface area contributed by atoms with Crippen LogP contribution in [0.4, 0.5) is 0 Å². The van der Waals surface area contributed by atoms with Crippen molar-refractivity contribution < 1.29 is 110 Å². The number of carbonyl (C=O) groups is 6. The molecule has 2 aliphatic heterocycles. The van der Waals surface area contributed by atoms with Gasteiger partial charge in [-0.05, 0) is 63.1 Å². The van der Waals surface area contributed by atoms with Crippen LogP contribution in [0.25, 0.3) is 0 Å².